The Balaban J connectivity index is 1.30. The van der Waals surface area contributed by atoms with Gasteiger partial charge in [0, 0.05) is 38.2 Å². The van der Waals surface area contributed by atoms with Gasteiger partial charge in [0.05, 0.1) is 0 Å². The fourth-order valence-corrected chi connectivity index (χ4v) is 3.87. The van der Waals surface area contributed by atoms with Crippen molar-refractivity contribution in [2.75, 3.05) is 33.0 Å². The summed E-state index contributed by atoms with van der Waals surface area (Å²) in [7, 11) is 0. The van der Waals surface area contributed by atoms with Crippen LogP contribution in [0.15, 0.2) is 24.3 Å². The Hall–Kier alpha value is -2.50. The third kappa shape index (κ3) is 3.54. The van der Waals surface area contributed by atoms with Gasteiger partial charge in [0.25, 0.3) is 0 Å². The van der Waals surface area contributed by atoms with E-state index in [1.54, 1.807) is 12.2 Å². The van der Waals surface area contributed by atoms with Crippen molar-refractivity contribution in [1.29, 1.82) is 0 Å². The summed E-state index contributed by atoms with van der Waals surface area (Å²) in [6.07, 6.45) is 7.76. The maximum Gasteiger partial charge on any atom is 0.246 e. The number of carbonyl (C=O) groups excluding carboxylic acids is 2. The van der Waals surface area contributed by atoms with Crippen molar-refractivity contribution in [2.45, 2.75) is 25.7 Å². The topological polar surface area (TPSA) is 59.1 Å². The summed E-state index contributed by atoms with van der Waals surface area (Å²) in [6.45, 7) is 2.72. The number of carbonyl (C=O) groups is 2. The molecule has 3 aliphatic rings. The van der Waals surface area contributed by atoms with Crippen LogP contribution in [0.25, 0.3) is 6.08 Å². The molecule has 1 aromatic rings. The Bertz CT molecular complexity index is 717. The number of rotatable bonds is 3. The van der Waals surface area contributed by atoms with Crippen molar-refractivity contribution in [3.63, 3.8) is 0 Å². The zero-order valence-corrected chi connectivity index (χ0v) is 14.9. The molecule has 0 atom stereocenters. The molecule has 6 heteroatoms. The van der Waals surface area contributed by atoms with Crippen LogP contribution in [-0.2, 0) is 9.59 Å². The molecule has 1 saturated carbocycles. The average molecular weight is 356 g/mol. The van der Waals surface area contributed by atoms with Crippen molar-refractivity contribution in [3.8, 4) is 11.5 Å². The Morgan fingerprint density at radius 2 is 1.65 bits per heavy atom. The highest BCUT2D eigenvalue weighted by Gasteiger charge is 2.30. The minimum absolute atomic E-state index is 0.0179. The van der Waals surface area contributed by atoms with Crippen LogP contribution in [0.1, 0.15) is 31.2 Å². The number of fused-ring (bicyclic) bond motifs is 1. The summed E-state index contributed by atoms with van der Waals surface area (Å²) in [5, 5.41) is 0. The van der Waals surface area contributed by atoms with Gasteiger partial charge in [-0.3, -0.25) is 9.59 Å². The van der Waals surface area contributed by atoms with Gasteiger partial charge >= 0.3 is 0 Å². The van der Waals surface area contributed by atoms with Gasteiger partial charge in [0.15, 0.2) is 11.5 Å². The van der Waals surface area contributed by atoms with Crippen molar-refractivity contribution in [2.24, 2.45) is 5.92 Å². The first-order valence-corrected chi connectivity index (χ1v) is 9.36. The molecule has 0 spiro atoms. The summed E-state index contributed by atoms with van der Waals surface area (Å²) in [6, 6.07) is 5.61. The lowest BCUT2D eigenvalue weighted by molar-refractivity contribution is -0.140. The molecule has 26 heavy (non-hydrogen) atoms. The molecule has 2 heterocycles. The Labute approximate surface area is 153 Å². The number of nitrogens with zero attached hydrogens (tertiary/aromatic N) is 2. The fourth-order valence-electron chi connectivity index (χ4n) is 3.87. The molecule has 0 aromatic heterocycles. The number of hydrogen-bond acceptors (Lipinski definition) is 4. The standard InChI is InChI=1S/C20H24N2O4/c23-19(8-6-15-5-7-17-18(13-15)26-14-25-17)21-9-11-22(12-10-21)20(24)16-3-1-2-4-16/h5-8,13,16H,1-4,9-12,14H2/b8-6+. The molecule has 138 valence electrons. The molecule has 1 aromatic carbocycles. The van der Waals surface area contributed by atoms with Gasteiger partial charge < -0.3 is 19.3 Å². The average Bonchev–Trinajstić information content (AvgIpc) is 3.37. The van der Waals surface area contributed by atoms with Crippen LogP contribution < -0.4 is 9.47 Å². The summed E-state index contributed by atoms with van der Waals surface area (Å²) in [5.41, 5.74) is 0.901. The van der Waals surface area contributed by atoms with Gasteiger partial charge in [-0.25, -0.2) is 0 Å². The molecular weight excluding hydrogens is 332 g/mol. The smallest absolute Gasteiger partial charge is 0.246 e. The second-order valence-corrected chi connectivity index (χ2v) is 7.08. The van der Waals surface area contributed by atoms with E-state index in [-0.39, 0.29) is 24.5 Å². The highest BCUT2D eigenvalue weighted by Crippen LogP contribution is 2.32. The molecule has 0 radical (unpaired) electrons. The summed E-state index contributed by atoms with van der Waals surface area (Å²) in [5.74, 6) is 1.92. The van der Waals surface area contributed by atoms with Crippen LogP contribution in [0, 0.1) is 5.92 Å². The lowest BCUT2D eigenvalue weighted by Gasteiger charge is -2.35. The SMILES string of the molecule is O=C(/C=C/c1ccc2c(c1)OCO2)N1CCN(C(=O)C2CCCC2)CC1. The van der Waals surface area contributed by atoms with Crippen LogP contribution in [0.4, 0.5) is 0 Å². The first-order chi connectivity index (χ1) is 12.7. The molecule has 0 bridgehead atoms. The second-order valence-electron chi connectivity index (χ2n) is 7.08. The molecule has 1 aliphatic carbocycles. The van der Waals surface area contributed by atoms with Crippen molar-refractivity contribution in [3.05, 3.63) is 29.8 Å². The molecule has 4 rings (SSSR count). The molecule has 0 unspecified atom stereocenters. The van der Waals surface area contributed by atoms with Gasteiger partial charge in [0.2, 0.25) is 18.6 Å². The van der Waals surface area contributed by atoms with Crippen LogP contribution >= 0.6 is 0 Å². The van der Waals surface area contributed by atoms with Crippen molar-refractivity contribution >= 4 is 17.9 Å². The predicted molar refractivity (Wildman–Crippen MR) is 96.7 cm³/mol. The molecule has 2 aliphatic heterocycles. The molecular formula is C20H24N2O4. The van der Waals surface area contributed by atoms with E-state index in [0.717, 1.165) is 24.2 Å². The van der Waals surface area contributed by atoms with Gasteiger partial charge in [-0.1, -0.05) is 18.9 Å². The maximum atomic E-state index is 12.5. The van der Waals surface area contributed by atoms with Crippen LogP contribution in [0.2, 0.25) is 0 Å². The van der Waals surface area contributed by atoms with E-state index < -0.39 is 0 Å². The monoisotopic (exact) mass is 356 g/mol. The quantitative estimate of drug-likeness (QED) is 0.780. The maximum absolute atomic E-state index is 12.5. The number of ether oxygens (including phenoxy) is 2. The van der Waals surface area contributed by atoms with Gasteiger partial charge in [-0.05, 0) is 36.6 Å². The van der Waals surface area contributed by atoms with E-state index >= 15 is 0 Å². The van der Waals surface area contributed by atoms with E-state index in [1.807, 2.05) is 28.0 Å². The first kappa shape index (κ1) is 16.9. The molecule has 2 amide bonds. The Kier molecular flexibility index (Phi) is 4.82. The van der Waals surface area contributed by atoms with Gasteiger partial charge in [-0.15, -0.1) is 0 Å². The lowest BCUT2D eigenvalue weighted by atomic mass is 10.1. The normalized spacial score (nSPS) is 20.2. The molecule has 2 fully saturated rings. The number of benzene rings is 1. The minimum Gasteiger partial charge on any atom is -0.454 e. The molecule has 6 nitrogen and oxygen atoms in total. The fraction of sp³-hybridized carbons (Fsp3) is 0.500. The highest BCUT2D eigenvalue weighted by atomic mass is 16.7. The molecule has 1 saturated heterocycles. The van der Waals surface area contributed by atoms with E-state index in [0.29, 0.717) is 31.9 Å². The number of hydrogen-bond donors (Lipinski definition) is 0. The predicted octanol–water partition coefficient (Wildman–Crippen LogP) is 2.29. The first-order valence-electron chi connectivity index (χ1n) is 9.36. The van der Waals surface area contributed by atoms with Crippen LogP contribution in [0.3, 0.4) is 0 Å². The third-order valence-electron chi connectivity index (χ3n) is 5.42. The van der Waals surface area contributed by atoms with Crippen LogP contribution in [0.5, 0.6) is 11.5 Å². The zero-order chi connectivity index (χ0) is 17.9. The van der Waals surface area contributed by atoms with Crippen molar-refractivity contribution in [1.82, 2.24) is 9.80 Å². The van der Waals surface area contributed by atoms with E-state index in [2.05, 4.69) is 0 Å². The zero-order valence-electron chi connectivity index (χ0n) is 14.9. The summed E-state index contributed by atoms with van der Waals surface area (Å²) < 4.78 is 10.6. The highest BCUT2D eigenvalue weighted by molar-refractivity contribution is 5.92. The summed E-state index contributed by atoms with van der Waals surface area (Å²) >= 11 is 0. The molecule has 0 N–H and O–H groups in total. The van der Waals surface area contributed by atoms with E-state index in [1.165, 1.54) is 12.8 Å². The Morgan fingerprint density at radius 3 is 2.42 bits per heavy atom. The number of piperazine rings is 1. The number of amides is 2. The minimum atomic E-state index is -0.0179. The van der Waals surface area contributed by atoms with Crippen LogP contribution in [-0.4, -0.2) is 54.6 Å². The van der Waals surface area contributed by atoms with Gasteiger partial charge in [-0.2, -0.15) is 0 Å². The van der Waals surface area contributed by atoms with E-state index in [9.17, 15) is 9.59 Å². The summed E-state index contributed by atoms with van der Waals surface area (Å²) in [4.78, 5) is 28.6. The second kappa shape index (κ2) is 7.40. The van der Waals surface area contributed by atoms with Crippen molar-refractivity contribution < 1.29 is 19.1 Å². The largest absolute Gasteiger partial charge is 0.454 e. The van der Waals surface area contributed by atoms with E-state index in [4.69, 9.17) is 9.47 Å². The third-order valence-corrected chi connectivity index (χ3v) is 5.42. The lowest BCUT2D eigenvalue weighted by Crippen LogP contribution is -2.51. The van der Waals surface area contributed by atoms with Gasteiger partial charge in [0.1, 0.15) is 0 Å². The Morgan fingerprint density at radius 1 is 0.962 bits per heavy atom.